The maximum absolute atomic E-state index is 13.6. The van der Waals surface area contributed by atoms with Gasteiger partial charge in [0.05, 0.1) is 24.2 Å². The monoisotopic (exact) mass is 609 g/mol. The van der Waals surface area contributed by atoms with E-state index in [0.717, 1.165) is 26.5 Å². The van der Waals surface area contributed by atoms with Gasteiger partial charge in [0.1, 0.15) is 12.4 Å². The first-order chi connectivity index (χ1) is 19.7. The third-order valence-electron chi connectivity index (χ3n) is 6.79. The van der Waals surface area contributed by atoms with Crippen LogP contribution in [-0.4, -0.2) is 23.0 Å². The lowest BCUT2D eigenvalue weighted by molar-refractivity contribution is 0.283. The largest absolute Gasteiger partial charge is 0.493 e. The summed E-state index contributed by atoms with van der Waals surface area (Å²) in [6.07, 6.45) is 4.06. The molecule has 5 aromatic rings. The molecule has 0 aliphatic carbocycles. The number of aromatic nitrogens is 2. The number of benzene rings is 4. The van der Waals surface area contributed by atoms with E-state index in [0.29, 0.717) is 41.3 Å². The fourth-order valence-corrected chi connectivity index (χ4v) is 5.18. The molecule has 0 fully saturated rings. The molecule has 0 bridgehead atoms. The topological polar surface area (TPSA) is 65.7 Å². The van der Waals surface area contributed by atoms with Crippen LogP contribution in [0.1, 0.15) is 43.3 Å². The quantitative estimate of drug-likeness (QED) is 0.133. The van der Waals surface area contributed by atoms with Crippen LogP contribution in [0, 0.1) is 0 Å². The fraction of sp³-hybridized carbons (Fsp3) is 0.206. The lowest BCUT2D eigenvalue weighted by Crippen LogP contribution is -2.29. The highest BCUT2D eigenvalue weighted by atomic mass is 79.9. The third-order valence-corrected chi connectivity index (χ3v) is 7.28. The molecule has 5 rings (SSSR count). The number of methoxy groups -OCH3 is 1. The van der Waals surface area contributed by atoms with Crippen molar-refractivity contribution in [2.45, 2.75) is 39.2 Å². The molecule has 0 radical (unpaired) electrons. The van der Waals surface area contributed by atoms with Crippen molar-refractivity contribution in [1.82, 2.24) is 9.66 Å². The molecule has 0 aliphatic heterocycles. The number of rotatable bonds is 8. The summed E-state index contributed by atoms with van der Waals surface area (Å²) < 4.78 is 14.3. The summed E-state index contributed by atoms with van der Waals surface area (Å²) in [7, 11) is 1.62. The van der Waals surface area contributed by atoms with Gasteiger partial charge in [0.25, 0.3) is 5.56 Å². The zero-order valence-corrected chi connectivity index (χ0v) is 25.2. The van der Waals surface area contributed by atoms with Crippen LogP contribution in [0.4, 0.5) is 0 Å². The first kappa shape index (κ1) is 28.3. The van der Waals surface area contributed by atoms with Gasteiger partial charge < -0.3 is 9.47 Å². The zero-order chi connectivity index (χ0) is 29.1. The van der Waals surface area contributed by atoms with Crippen molar-refractivity contribution in [2.24, 2.45) is 5.10 Å². The molecule has 0 N–H and O–H groups in total. The van der Waals surface area contributed by atoms with Crippen molar-refractivity contribution >= 4 is 43.8 Å². The minimum Gasteiger partial charge on any atom is -0.493 e. The molecule has 6 nitrogen and oxygen atoms in total. The maximum Gasteiger partial charge on any atom is 0.282 e. The van der Waals surface area contributed by atoms with E-state index in [-0.39, 0.29) is 5.56 Å². The Kier molecular flexibility index (Phi) is 8.08. The average Bonchev–Trinajstić information content (AvgIpc) is 2.95. The summed E-state index contributed by atoms with van der Waals surface area (Å²) in [4.78, 5) is 18.4. The summed E-state index contributed by atoms with van der Waals surface area (Å²) in [6, 6.07) is 23.8. The molecule has 1 heterocycles. The van der Waals surface area contributed by atoms with E-state index in [1.54, 1.807) is 19.4 Å². The van der Waals surface area contributed by atoms with Gasteiger partial charge >= 0.3 is 0 Å². The highest BCUT2D eigenvalue weighted by Gasteiger charge is 2.23. The summed E-state index contributed by atoms with van der Waals surface area (Å²) in [5.74, 6) is 1.80. The van der Waals surface area contributed by atoms with E-state index >= 15 is 0 Å². The van der Waals surface area contributed by atoms with Gasteiger partial charge in [0.2, 0.25) is 0 Å². The number of allylic oxidation sites excluding steroid dienone is 1. The lowest BCUT2D eigenvalue weighted by atomic mass is 9.95. The predicted molar refractivity (Wildman–Crippen MR) is 171 cm³/mol. The van der Waals surface area contributed by atoms with Gasteiger partial charge in [-0.1, -0.05) is 85.2 Å². The molecule has 1 aromatic heterocycles. The van der Waals surface area contributed by atoms with Crippen LogP contribution in [0.5, 0.6) is 11.5 Å². The van der Waals surface area contributed by atoms with Crippen LogP contribution in [0.2, 0.25) is 0 Å². The Morgan fingerprint density at radius 2 is 1.78 bits per heavy atom. The van der Waals surface area contributed by atoms with E-state index < -0.39 is 5.41 Å². The Morgan fingerprint density at radius 3 is 2.54 bits per heavy atom. The second-order valence-electron chi connectivity index (χ2n) is 10.8. The van der Waals surface area contributed by atoms with Crippen molar-refractivity contribution < 1.29 is 9.47 Å². The third kappa shape index (κ3) is 5.95. The summed E-state index contributed by atoms with van der Waals surface area (Å²) in [6.45, 7) is 10.4. The molecule has 0 unspecified atom stereocenters. The molecule has 0 amide bonds. The first-order valence-electron chi connectivity index (χ1n) is 13.4. The molecular weight excluding hydrogens is 578 g/mol. The molecule has 0 spiro atoms. The minimum atomic E-state index is -0.414. The lowest BCUT2D eigenvalue weighted by Gasteiger charge is -2.21. The van der Waals surface area contributed by atoms with Gasteiger partial charge in [-0.25, -0.2) is 4.98 Å². The van der Waals surface area contributed by atoms with Crippen molar-refractivity contribution in [3.8, 4) is 11.5 Å². The number of nitrogens with zero attached hydrogens (tertiary/aromatic N) is 3. The van der Waals surface area contributed by atoms with Gasteiger partial charge in [-0.3, -0.25) is 4.79 Å². The summed E-state index contributed by atoms with van der Waals surface area (Å²) in [5, 5.41) is 7.45. The van der Waals surface area contributed by atoms with E-state index in [1.807, 2.05) is 69.3 Å². The molecule has 7 heteroatoms. The molecule has 0 saturated heterocycles. The Labute approximate surface area is 248 Å². The molecule has 4 aromatic carbocycles. The van der Waals surface area contributed by atoms with Crippen LogP contribution in [0.15, 0.2) is 99.8 Å². The van der Waals surface area contributed by atoms with E-state index in [4.69, 9.17) is 14.5 Å². The van der Waals surface area contributed by atoms with Gasteiger partial charge in [0.15, 0.2) is 11.5 Å². The van der Waals surface area contributed by atoms with Crippen LogP contribution < -0.4 is 15.0 Å². The van der Waals surface area contributed by atoms with Crippen LogP contribution in [-0.2, 0) is 18.4 Å². The fourth-order valence-electron chi connectivity index (χ4n) is 4.81. The van der Waals surface area contributed by atoms with Gasteiger partial charge in [0, 0.05) is 15.5 Å². The Hall–Kier alpha value is -4.23. The maximum atomic E-state index is 13.6. The standard InChI is InChI=1S/C34H32BrN3O3/c1-6-10-24-17-22(18-30(40-5)31(24)41-21-25-13-9-12-23-11-7-8-14-27(23)25)20-36-38-32(39)28-19-26(35)15-16-29(28)37-33(38)34(2,3)4/h6-9,11-20H,1,10,21H2,2-5H3. The second kappa shape index (κ2) is 11.7. The number of fused-ring (bicyclic) bond motifs is 2. The molecule has 208 valence electrons. The smallest absolute Gasteiger partial charge is 0.282 e. The summed E-state index contributed by atoms with van der Waals surface area (Å²) in [5.41, 5.74) is 2.75. The predicted octanol–water partition coefficient (Wildman–Crippen LogP) is 7.81. The van der Waals surface area contributed by atoms with Crippen molar-refractivity contribution in [3.63, 3.8) is 0 Å². The second-order valence-corrected chi connectivity index (χ2v) is 11.8. The van der Waals surface area contributed by atoms with Crippen LogP contribution in [0.3, 0.4) is 0 Å². The number of hydrogen-bond acceptors (Lipinski definition) is 5. The minimum absolute atomic E-state index is 0.231. The van der Waals surface area contributed by atoms with Gasteiger partial charge in [-0.05, 0) is 58.7 Å². The van der Waals surface area contributed by atoms with E-state index in [2.05, 4.69) is 51.9 Å². The number of halogens is 1. The van der Waals surface area contributed by atoms with Crippen molar-refractivity contribution in [1.29, 1.82) is 0 Å². The van der Waals surface area contributed by atoms with Crippen molar-refractivity contribution in [2.75, 3.05) is 7.11 Å². The van der Waals surface area contributed by atoms with Crippen LogP contribution >= 0.6 is 15.9 Å². The molecule has 41 heavy (non-hydrogen) atoms. The van der Waals surface area contributed by atoms with Crippen LogP contribution in [0.25, 0.3) is 21.7 Å². The van der Waals surface area contributed by atoms with Gasteiger partial charge in [-0.2, -0.15) is 9.78 Å². The normalized spacial score (nSPS) is 11.8. The van der Waals surface area contributed by atoms with E-state index in [1.165, 1.54) is 10.1 Å². The molecule has 0 saturated carbocycles. The highest BCUT2D eigenvalue weighted by molar-refractivity contribution is 9.10. The average molecular weight is 611 g/mol. The molecule has 0 atom stereocenters. The zero-order valence-electron chi connectivity index (χ0n) is 23.6. The highest BCUT2D eigenvalue weighted by Crippen LogP contribution is 2.34. The SMILES string of the molecule is C=CCc1cc(C=Nn2c(C(C)(C)C)nc3ccc(Br)cc3c2=O)cc(OC)c1OCc1cccc2ccccc12. The molecule has 0 aliphatic rings. The Morgan fingerprint density at radius 1 is 1.00 bits per heavy atom. The molecular formula is C34H32BrN3O3. The van der Waals surface area contributed by atoms with Crippen molar-refractivity contribution in [3.05, 3.63) is 123 Å². The Bertz CT molecular complexity index is 1850. The first-order valence-corrected chi connectivity index (χ1v) is 14.2. The number of ether oxygens (including phenoxy) is 2. The number of hydrogen-bond donors (Lipinski definition) is 0. The summed E-state index contributed by atoms with van der Waals surface area (Å²) >= 11 is 3.46. The van der Waals surface area contributed by atoms with Gasteiger partial charge in [-0.15, -0.1) is 6.58 Å². The van der Waals surface area contributed by atoms with E-state index in [9.17, 15) is 4.79 Å². The Balaban J connectivity index is 1.54.